The Hall–Kier alpha value is -2.27. The van der Waals surface area contributed by atoms with Crippen molar-refractivity contribution in [3.05, 3.63) is 58.6 Å². The summed E-state index contributed by atoms with van der Waals surface area (Å²) < 4.78 is 2.24. The van der Waals surface area contributed by atoms with E-state index in [2.05, 4.69) is 53.4 Å². The molecular weight excluding hydrogens is 310 g/mol. The third-order valence-corrected chi connectivity index (χ3v) is 4.98. The summed E-state index contributed by atoms with van der Waals surface area (Å²) in [5, 5.41) is 0. The lowest BCUT2D eigenvalue weighted by Gasteiger charge is -2.28. The highest BCUT2D eigenvalue weighted by atomic mass is 15.2. The fourth-order valence-electron chi connectivity index (χ4n) is 3.61. The Labute approximate surface area is 148 Å². The Balaban J connectivity index is 1.57. The van der Waals surface area contributed by atoms with Crippen LogP contribution in [0.1, 0.15) is 47.4 Å². The summed E-state index contributed by atoms with van der Waals surface area (Å²) in [6.45, 7) is 9.27. The van der Waals surface area contributed by atoms with Gasteiger partial charge in [0.1, 0.15) is 11.5 Å². The van der Waals surface area contributed by atoms with E-state index in [1.54, 1.807) is 0 Å². The van der Waals surface area contributed by atoms with E-state index in [1.807, 2.05) is 6.20 Å². The highest BCUT2D eigenvalue weighted by Gasteiger charge is 2.20. The van der Waals surface area contributed by atoms with Gasteiger partial charge in [-0.05, 0) is 31.9 Å². The molecule has 0 spiro atoms. The molecular formula is C20H25N5. The van der Waals surface area contributed by atoms with E-state index in [0.717, 1.165) is 56.1 Å². The highest BCUT2D eigenvalue weighted by Crippen LogP contribution is 2.21. The fraction of sp³-hybridized carbons (Fsp3) is 0.450. The van der Waals surface area contributed by atoms with Gasteiger partial charge in [-0.15, -0.1) is 0 Å². The third kappa shape index (κ3) is 3.16. The predicted octanol–water partition coefficient (Wildman–Crippen LogP) is 3.25. The van der Waals surface area contributed by atoms with Crippen LogP contribution in [0.15, 0.2) is 24.5 Å². The molecule has 0 amide bonds. The average molecular weight is 335 g/mol. The summed E-state index contributed by atoms with van der Waals surface area (Å²) in [5.41, 5.74) is 7.20. The highest BCUT2D eigenvalue weighted by molar-refractivity contribution is 5.44. The number of pyridine rings is 1. The number of rotatable bonds is 4. The van der Waals surface area contributed by atoms with E-state index in [-0.39, 0.29) is 0 Å². The molecule has 1 aliphatic heterocycles. The summed E-state index contributed by atoms with van der Waals surface area (Å²) in [4.78, 5) is 16.5. The lowest BCUT2D eigenvalue weighted by molar-refractivity contribution is 0.238. The maximum Gasteiger partial charge on any atom is 0.137 e. The molecule has 0 bridgehead atoms. The molecule has 4 rings (SSSR count). The second-order valence-corrected chi connectivity index (χ2v) is 7.05. The van der Waals surface area contributed by atoms with Crippen LogP contribution in [0.2, 0.25) is 0 Å². The van der Waals surface area contributed by atoms with E-state index in [0.29, 0.717) is 0 Å². The number of aromatic nitrogens is 4. The van der Waals surface area contributed by atoms with Crippen LogP contribution in [0, 0.1) is 13.8 Å². The number of hydrogen-bond acceptors (Lipinski definition) is 4. The lowest BCUT2D eigenvalue weighted by atomic mass is 10.1. The number of hydrogen-bond donors (Lipinski definition) is 0. The summed E-state index contributed by atoms with van der Waals surface area (Å²) in [6, 6.07) is 4.22. The van der Waals surface area contributed by atoms with Gasteiger partial charge in [0.15, 0.2) is 0 Å². The van der Waals surface area contributed by atoms with Crippen LogP contribution in [0.4, 0.5) is 0 Å². The van der Waals surface area contributed by atoms with Crippen LogP contribution >= 0.6 is 0 Å². The van der Waals surface area contributed by atoms with Crippen molar-refractivity contribution in [2.24, 2.45) is 0 Å². The Bertz CT molecular complexity index is 912. The Morgan fingerprint density at radius 2 is 2.04 bits per heavy atom. The smallest absolute Gasteiger partial charge is 0.137 e. The van der Waals surface area contributed by atoms with Gasteiger partial charge in [0.2, 0.25) is 0 Å². The van der Waals surface area contributed by atoms with Crippen molar-refractivity contribution in [2.45, 2.75) is 53.1 Å². The minimum Gasteiger partial charge on any atom is -0.302 e. The molecule has 4 heterocycles. The Kier molecular flexibility index (Phi) is 4.25. The maximum atomic E-state index is 4.76. The second-order valence-electron chi connectivity index (χ2n) is 7.05. The van der Waals surface area contributed by atoms with Crippen LogP contribution in [-0.4, -0.2) is 30.8 Å². The molecule has 0 aromatic carbocycles. The molecule has 0 aliphatic carbocycles. The standard InChI is InChI=1S/C20H25N5/c1-4-5-19-21-10-16-12-24(9-8-17(16)23-19)13-18-15(3)22-20-7-6-14(2)11-25(18)20/h6-7,10-11H,4-5,8-9,12-13H2,1-3H3. The minimum atomic E-state index is 0.909. The zero-order valence-electron chi connectivity index (χ0n) is 15.3. The molecule has 0 saturated heterocycles. The molecule has 0 atom stereocenters. The first-order chi connectivity index (χ1) is 12.1. The van der Waals surface area contributed by atoms with Crippen LogP contribution in [-0.2, 0) is 25.9 Å². The van der Waals surface area contributed by atoms with E-state index in [9.17, 15) is 0 Å². The van der Waals surface area contributed by atoms with Gasteiger partial charge in [-0.25, -0.2) is 15.0 Å². The molecule has 0 N–H and O–H groups in total. The van der Waals surface area contributed by atoms with E-state index < -0.39 is 0 Å². The van der Waals surface area contributed by atoms with Crippen molar-refractivity contribution in [2.75, 3.05) is 6.54 Å². The van der Waals surface area contributed by atoms with Crippen molar-refractivity contribution in [1.82, 2.24) is 24.3 Å². The second kappa shape index (κ2) is 6.56. The fourth-order valence-corrected chi connectivity index (χ4v) is 3.61. The maximum absolute atomic E-state index is 4.76. The molecule has 0 saturated carbocycles. The number of fused-ring (bicyclic) bond motifs is 2. The Morgan fingerprint density at radius 1 is 1.16 bits per heavy atom. The van der Waals surface area contributed by atoms with Crippen molar-refractivity contribution in [1.29, 1.82) is 0 Å². The summed E-state index contributed by atoms with van der Waals surface area (Å²) in [7, 11) is 0. The first-order valence-electron chi connectivity index (χ1n) is 9.14. The molecule has 0 unspecified atom stereocenters. The van der Waals surface area contributed by atoms with Crippen molar-refractivity contribution in [3.63, 3.8) is 0 Å². The van der Waals surface area contributed by atoms with Crippen LogP contribution in [0.3, 0.4) is 0 Å². The zero-order chi connectivity index (χ0) is 17.4. The monoisotopic (exact) mass is 335 g/mol. The predicted molar refractivity (Wildman–Crippen MR) is 98.5 cm³/mol. The third-order valence-electron chi connectivity index (χ3n) is 4.98. The van der Waals surface area contributed by atoms with Gasteiger partial charge in [0.05, 0.1) is 11.4 Å². The molecule has 3 aromatic heterocycles. The first kappa shape index (κ1) is 16.2. The lowest BCUT2D eigenvalue weighted by Crippen LogP contribution is -2.31. The zero-order valence-corrected chi connectivity index (χ0v) is 15.3. The van der Waals surface area contributed by atoms with Crippen molar-refractivity contribution >= 4 is 5.65 Å². The molecule has 25 heavy (non-hydrogen) atoms. The largest absolute Gasteiger partial charge is 0.302 e. The molecule has 130 valence electrons. The Morgan fingerprint density at radius 3 is 2.88 bits per heavy atom. The van der Waals surface area contributed by atoms with Gasteiger partial charge >= 0.3 is 0 Å². The van der Waals surface area contributed by atoms with Gasteiger partial charge in [0, 0.05) is 56.1 Å². The quantitative estimate of drug-likeness (QED) is 0.734. The number of imidazole rings is 1. The molecule has 5 nitrogen and oxygen atoms in total. The van der Waals surface area contributed by atoms with Gasteiger partial charge in [-0.3, -0.25) is 4.90 Å². The average Bonchev–Trinajstić information content (AvgIpc) is 2.90. The van der Waals surface area contributed by atoms with E-state index in [4.69, 9.17) is 9.97 Å². The van der Waals surface area contributed by atoms with Crippen LogP contribution < -0.4 is 0 Å². The molecule has 0 fully saturated rings. The minimum absolute atomic E-state index is 0.909. The SMILES string of the molecule is CCCc1ncc2c(n1)CCN(Cc1c(C)nc3ccc(C)cn13)C2. The van der Waals surface area contributed by atoms with E-state index in [1.165, 1.54) is 22.5 Å². The number of nitrogens with zero attached hydrogens (tertiary/aromatic N) is 5. The van der Waals surface area contributed by atoms with Gasteiger partial charge in [0.25, 0.3) is 0 Å². The molecule has 0 radical (unpaired) electrons. The summed E-state index contributed by atoms with van der Waals surface area (Å²) >= 11 is 0. The van der Waals surface area contributed by atoms with Crippen LogP contribution in [0.5, 0.6) is 0 Å². The van der Waals surface area contributed by atoms with E-state index >= 15 is 0 Å². The molecule has 3 aromatic rings. The first-order valence-corrected chi connectivity index (χ1v) is 9.14. The van der Waals surface area contributed by atoms with Crippen LogP contribution in [0.25, 0.3) is 5.65 Å². The topological polar surface area (TPSA) is 46.3 Å². The van der Waals surface area contributed by atoms with Gasteiger partial charge < -0.3 is 4.40 Å². The van der Waals surface area contributed by atoms with Crippen molar-refractivity contribution < 1.29 is 0 Å². The normalized spacial score (nSPS) is 14.8. The van der Waals surface area contributed by atoms with Gasteiger partial charge in [-0.2, -0.15) is 0 Å². The number of aryl methyl sites for hydroxylation is 3. The molecule has 1 aliphatic rings. The van der Waals surface area contributed by atoms with Gasteiger partial charge in [-0.1, -0.05) is 13.0 Å². The van der Waals surface area contributed by atoms with Crippen molar-refractivity contribution in [3.8, 4) is 0 Å². The molecule has 5 heteroatoms. The summed E-state index contributed by atoms with van der Waals surface area (Å²) in [5.74, 6) is 0.989. The summed E-state index contributed by atoms with van der Waals surface area (Å²) in [6.07, 6.45) is 7.28.